The zero-order valence-electron chi connectivity index (χ0n) is 25.3. The minimum atomic E-state index is -4.57. The first-order valence-electron chi connectivity index (χ1n) is 15.7. The SMILES string of the molecule is N#CCC1(n2cc(-c3ncnc4[nH]ccc34)cn2)CN(C2CCC(COc3cc(CN4CC[C@@H](O)C4)cc(C(F)(F)F)n3)CC2)C1. The zero-order chi connectivity index (χ0) is 31.9. The molecule has 0 amide bonds. The first kappa shape index (κ1) is 30.6. The van der Waals surface area contributed by atoms with Gasteiger partial charge in [-0.2, -0.15) is 23.5 Å². The Morgan fingerprint density at radius 3 is 2.70 bits per heavy atom. The fourth-order valence-corrected chi connectivity index (χ4v) is 7.22. The van der Waals surface area contributed by atoms with Crippen molar-refractivity contribution in [2.24, 2.45) is 5.92 Å². The minimum absolute atomic E-state index is 0.00600. The van der Waals surface area contributed by atoms with E-state index in [-0.39, 0.29) is 11.8 Å². The molecule has 0 spiro atoms. The monoisotopic (exact) mass is 635 g/mol. The summed E-state index contributed by atoms with van der Waals surface area (Å²) in [4.78, 5) is 20.0. The number of pyridine rings is 1. The number of hydrogen-bond acceptors (Lipinski definition) is 9. The van der Waals surface area contributed by atoms with Crippen molar-refractivity contribution in [1.29, 1.82) is 5.26 Å². The van der Waals surface area contributed by atoms with Gasteiger partial charge in [0.2, 0.25) is 5.88 Å². The van der Waals surface area contributed by atoms with E-state index in [0.29, 0.717) is 50.7 Å². The molecule has 3 fully saturated rings. The van der Waals surface area contributed by atoms with E-state index in [1.807, 2.05) is 28.0 Å². The Balaban J connectivity index is 0.946. The summed E-state index contributed by atoms with van der Waals surface area (Å²) in [6, 6.07) is 7.33. The summed E-state index contributed by atoms with van der Waals surface area (Å²) in [5.74, 6) is 0.218. The van der Waals surface area contributed by atoms with Crippen LogP contribution in [0.1, 0.15) is 49.8 Å². The Morgan fingerprint density at radius 2 is 1.96 bits per heavy atom. The number of ether oxygens (including phenoxy) is 1. The van der Waals surface area contributed by atoms with E-state index in [1.165, 1.54) is 6.33 Å². The number of nitriles is 1. The van der Waals surface area contributed by atoms with Crippen molar-refractivity contribution in [1.82, 2.24) is 39.5 Å². The normalized spacial score (nSPS) is 23.8. The second-order valence-corrected chi connectivity index (χ2v) is 13.0. The lowest BCUT2D eigenvalue weighted by Crippen LogP contribution is -2.65. The number of nitrogens with one attached hydrogen (secondary N) is 1. The number of alkyl halides is 3. The first-order valence-corrected chi connectivity index (χ1v) is 15.7. The maximum atomic E-state index is 13.6. The predicted molar refractivity (Wildman–Crippen MR) is 161 cm³/mol. The van der Waals surface area contributed by atoms with Gasteiger partial charge in [-0.15, -0.1) is 0 Å². The van der Waals surface area contributed by atoms with E-state index in [1.54, 1.807) is 12.3 Å². The summed E-state index contributed by atoms with van der Waals surface area (Å²) >= 11 is 0. The third kappa shape index (κ3) is 6.19. The van der Waals surface area contributed by atoms with Crippen LogP contribution in [0.5, 0.6) is 5.88 Å². The Morgan fingerprint density at radius 1 is 1.13 bits per heavy atom. The molecule has 14 heteroatoms. The number of rotatable bonds is 9. The van der Waals surface area contributed by atoms with Crippen LogP contribution >= 0.6 is 0 Å². The molecule has 1 saturated carbocycles. The molecule has 242 valence electrons. The summed E-state index contributed by atoms with van der Waals surface area (Å²) in [5.41, 5.74) is 1.55. The van der Waals surface area contributed by atoms with Crippen LogP contribution in [-0.4, -0.2) is 89.6 Å². The summed E-state index contributed by atoms with van der Waals surface area (Å²) in [7, 11) is 0. The molecule has 1 atom stereocenters. The second kappa shape index (κ2) is 12.3. The topological polar surface area (TPSA) is 132 Å². The van der Waals surface area contributed by atoms with Crippen LogP contribution in [0.4, 0.5) is 13.2 Å². The van der Waals surface area contributed by atoms with Gasteiger partial charge in [-0.25, -0.2) is 15.0 Å². The molecular formula is C32H36F3N9O2. The summed E-state index contributed by atoms with van der Waals surface area (Å²) in [5, 5.41) is 25.1. The van der Waals surface area contributed by atoms with Gasteiger partial charge in [0.15, 0.2) is 0 Å². The molecule has 0 unspecified atom stereocenters. The zero-order valence-corrected chi connectivity index (χ0v) is 25.3. The molecular weight excluding hydrogens is 599 g/mol. The standard InChI is InChI=1S/C32H36F3N9O2/c33-32(34,35)27-11-22(14-42-10-6-25(45)16-42)12-28(41-27)46-17-21-1-3-24(4-2-21)43-18-31(19-43,7-8-36)44-15-23(13-40-44)29-26-5-9-37-30(26)39-20-38-29/h5,9,11-13,15,20-21,24-25,45H,1-4,6-7,10,14,16-19H2,(H,37,38,39)/t21?,24?,25-/m1/s1. The van der Waals surface area contributed by atoms with Crippen molar-refractivity contribution in [2.75, 3.05) is 32.8 Å². The third-order valence-electron chi connectivity index (χ3n) is 9.70. The van der Waals surface area contributed by atoms with Gasteiger partial charge in [-0.1, -0.05) is 0 Å². The largest absolute Gasteiger partial charge is 0.477 e. The second-order valence-electron chi connectivity index (χ2n) is 13.0. The number of aliphatic hydroxyl groups excluding tert-OH is 1. The fraction of sp³-hybridized carbons (Fsp3) is 0.531. The van der Waals surface area contributed by atoms with Crippen LogP contribution in [-0.2, 0) is 18.3 Å². The Hall–Kier alpha value is -4.06. The van der Waals surface area contributed by atoms with Crippen LogP contribution in [0.2, 0.25) is 0 Å². The van der Waals surface area contributed by atoms with Crippen LogP contribution in [0.25, 0.3) is 22.3 Å². The number of aromatic amines is 1. The van der Waals surface area contributed by atoms with Crippen LogP contribution < -0.4 is 4.74 Å². The molecule has 46 heavy (non-hydrogen) atoms. The maximum Gasteiger partial charge on any atom is 0.433 e. The lowest BCUT2D eigenvalue weighted by molar-refractivity contribution is -0.141. The van der Waals surface area contributed by atoms with E-state index in [9.17, 15) is 23.5 Å². The molecule has 7 rings (SSSR count). The first-order chi connectivity index (χ1) is 22.2. The molecule has 1 aliphatic carbocycles. The maximum absolute atomic E-state index is 13.6. The molecule has 6 heterocycles. The van der Waals surface area contributed by atoms with Gasteiger partial charge in [0.05, 0.1) is 37.1 Å². The Bertz CT molecular complexity index is 1720. The van der Waals surface area contributed by atoms with Gasteiger partial charge >= 0.3 is 6.18 Å². The van der Waals surface area contributed by atoms with E-state index in [2.05, 4.69) is 36.0 Å². The van der Waals surface area contributed by atoms with Gasteiger partial charge in [0.25, 0.3) is 0 Å². The molecule has 2 saturated heterocycles. The number of aliphatic hydroxyl groups is 1. The number of aromatic nitrogens is 6. The molecule has 0 bridgehead atoms. The number of β-amino-alcohol motifs (C(OH)–C–C–N with tert-alkyl or cyclic N) is 1. The van der Waals surface area contributed by atoms with Crippen molar-refractivity contribution >= 4 is 11.0 Å². The lowest BCUT2D eigenvalue weighted by atomic mass is 9.80. The van der Waals surface area contributed by atoms with Gasteiger partial charge in [0.1, 0.15) is 23.2 Å². The molecule has 0 radical (unpaired) electrons. The van der Waals surface area contributed by atoms with E-state index in [0.717, 1.165) is 67.1 Å². The van der Waals surface area contributed by atoms with Gasteiger partial charge in [-0.05, 0) is 55.7 Å². The average molecular weight is 636 g/mol. The number of hydrogen-bond donors (Lipinski definition) is 2. The van der Waals surface area contributed by atoms with Gasteiger partial charge in [0, 0.05) is 68.2 Å². The predicted octanol–water partition coefficient (Wildman–Crippen LogP) is 4.36. The Labute approximate surface area is 264 Å². The summed E-state index contributed by atoms with van der Waals surface area (Å²) in [6.45, 7) is 3.16. The van der Waals surface area contributed by atoms with Crippen molar-refractivity contribution < 1.29 is 23.0 Å². The fourth-order valence-electron chi connectivity index (χ4n) is 7.22. The highest BCUT2D eigenvalue weighted by atomic mass is 19.4. The average Bonchev–Trinajstić information content (AvgIpc) is 3.79. The molecule has 2 N–H and O–H groups in total. The minimum Gasteiger partial charge on any atom is -0.477 e. The van der Waals surface area contributed by atoms with Crippen LogP contribution in [0, 0.1) is 17.2 Å². The number of likely N-dealkylation sites (tertiary alicyclic amines) is 2. The van der Waals surface area contributed by atoms with E-state index in [4.69, 9.17) is 4.74 Å². The number of halogens is 3. The van der Waals surface area contributed by atoms with Crippen molar-refractivity contribution in [2.45, 2.75) is 68.9 Å². The van der Waals surface area contributed by atoms with Crippen molar-refractivity contribution in [3.63, 3.8) is 0 Å². The number of H-pyrrole nitrogens is 1. The highest BCUT2D eigenvalue weighted by Gasteiger charge is 2.48. The van der Waals surface area contributed by atoms with E-state index < -0.39 is 23.5 Å². The third-order valence-corrected chi connectivity index (χ3v) is 9.70. The van der Waals surface area contributed by atoms with Gasteiger partial charge in [-0.3, -0.25) is 14.5 Å². The smallest absolute Gasteiger partial charge is 0.433 e. The van der Waals surface area contributed by atoms with Crippen LogP contribution in [0.15, 0.2) is 43.1 Å². The summed E-state index contributed by atoms with van der Waals surface area (Å²) < 4.78 is 48.6. The molecule has 0 aromatic carbocycles. The summed E-state index contributed by atoms with van der Waals surface area (Å²) in [6.07, 6.45) is 6.77. The van der Waals surface area contributed by atoms with Crippen LogP contribution in [0.3, 0.4) is 0 Å². The molecule has 11 nitrogen and oxygen atoms in total. The number of fused-ring (bicyclic) bond motifs is 1. The van der Waals surface area contributed by atoms with E-state index >= 15 is 0 Å². The van der Waals surface area contributed by atoms with Crippen molar-refractivity contribution in [3.8, 4) is 23.2 Å². The quantitative estimate of drug-likeness (QED) is 0.275. The highest BCUT2D eigenvalue weighted by Crippen LogP contribution is 2.39. The van der Waals surface area contributed by atoms with Crippen molar-refractivity contribution in [3.05, 3.63) is 54.4 Å². The molecule has 2 aliphatic heterocycles. The molecule has 4 aromatic heterocycles. The van der Waals surface area contributed by atoms with Gasteiger partial charge < -0.3 is 14.8 Å². The molecule has 4 aromatic rings. The lowest BCUT2D eigenvalue weighted by Gasteiger charge is -2.53. The molecule has 3 aliphatic rings. The Kier molecular flexibility index (Phi) is 8.16. The highest BCUT2D eigenvalue weighted by molar-refractivity contribution is 5.90. The number of nitrogens with zero attached hydrogens (tertiary/aromatic N) is 8.